The lowest BCUT2D eigenvalue weighted by Crippen LogP contribution is -2.16. The molecule has 0 bridgehead atoms. The molecule has 1 heterocycles. The molecule has 0 aromatic heterocycles. The number of anilines is 1. The predicted molar refractivity (Wildman–Crippen MR) is 55.7 cm³/mol. The van der Waals surface area contributed by atoms with Crippen molar-refractivity contribution >= 4 is 17.7 Å². The van der Waals surface area contributed by atoms with Gasteiger partial charge in [0.15, 0.2) is 0 Å². The maximum Gasteiger partial charge on any atom is 0.228 e. The molecule has 0 saturated heterocycles. The van der Waals surface area contributed by atoms with Crippen molar-refractivity contribution in [1.82, 2.24) is 0 Å². The maximum absolute atomic E-state index is 11.6. The Balaban J connectivity index is 2.06. The summed E-state index contributed by atoms with van der Waals surface area (Å²) in [6, 6.07) is 7.90. The summed E-state index contributed by atoms with van der Waals surface area (Å²) in [5.74, 6) is 0.870. The number of amides is 1. The first kappa shape index (κ1) is 7.80. The Morgan fingerprint density at radius 3 is 3.07 bits per heavy atom. The summed E-state index contributed by atoms with van der Waals surface area (Å²) < 4.78 is 0. The van der Waals surface area contributed by atoms with E-state index in [4.69, 9.17) is 0 Å². The van der Waals surface area contributed by atoms with E-state index in [9.17, 15) is 4.79 Å². The molecule has 2 atom stereocenters. The largest absolute Gasteiger partial charge is 0.325 e. The summed E-state index contributed by atoms with van der Waals surface area (Å²) in [5, 5.41) is 2.96. The number of nitrogens with one attached hydrogen (secondary N) is 1. The Morgan fingerprint density at radius 1 is 1.29 bits per heavy atom. The zero-order valence-corrected chi connectivity index (χ0v) is 7.73. The summed E-state index contributed by atoms with van der Waals surface area (Å²) in [4.78, 5) is 11.6. The molecule has 3 rings (SSSR count). The minimum atomic E-state index is 0.173. The first-order valence-electron chi connectivity index (χ1n) is 4.93. The van der Waals surface area contributed by atoms with Gasteiger partial charge in [0.25, 0.3) is 0 Å². The molecule has 1 amide bonds. The third-order valence-electron chi connectivity index (χ3n) is 2.92. The van der Waals surface area contributed by atoms with Gasteiger partial charge in [-0.2, -0.15) is 0 Å². The normalized spacial score (nSPS) is 28.1. The fourth-order valence-electron chi connectivity index (χ4n) is 1.94. The molecule has 0 unspecified atom stereocenters. The SMILES string of the molecule is O=C1Nc2ccccc2C=C[C@@H]2C[C@H]12. The number of carbonyl (C=O) groups is 1. The molecule has 0 radical (unpaired) electrons. The second-order valence-corrected chi connectivity index (χ2v) is 3.94. The van der Waals surface area contributed by atoms with Crippen LogP contribution in [0.3, 0.4) is 0 Å². The van der Waals surface area contributed by atoms with Crippen molar-refractivity contribution < 1.29 is 4.79 Å². The molecule has 1 aromatic rings. The number of para-hydroxylation sites is 1. The summed E-state index contributed by atoms with van der Waals surface area (Å²) in [6.45, 7) is 0. The Kier molecular flexibility index (Phi) is 1.51. The van der Waals surface area contributed by atoms with Crippen LogP contribution in [0.15, 0.2) is 30.3 Å². The van der Waals surface area contributed by atoms with Crippen LogP contribution in [-0.2, 0) is 4.79 Å². The molecule has 0 spiro atoms. The van der Waals surface area contributed by atoms with Crippen LogP contribution in [-0.4, -0.2) is 5.91 Å². The third-order valence-corrected chi connectivity index (χ3v) is 2.92. The Labute approximate surface area is 82.6 Å². The molecule has 1 aliphatic carbocycles. The zero-order valence-electron chi connectivity index (χ0n) is 7.73. The lowest BCUT2D eigenvalue weighted by molar-refractivity contribution is -0.117. The zero-order chi connectivity index (χ0) is 9.54. The van der Waals surface area contributed by atoms with Crippen molar-refractivity contribution in [3.05, 3.63) is 35.9 Å². The third kappa shape index (κ3) is 1.15. The summed E-state index contributed by atoms with van der Waals surface area (Å²) in [6.07, 6.45) is 5.28. The van der Waals surface area contributed by atoms with Gasteiger partial charge in [-0.1, -0.05) is 30.4 Å². The van der Waals surface area contributed by atoms with E-state index < -0.39 is 0 Å². The number of hydrogen-bond acceptors (Lipinski definition) is 1. The van der Waals surface area contributed by atoms with Crippen LogP contribution in [0.25, 0.3) is 6.08 Å². The standard InChI is InChI=1S/C12H11NO/c14-12-10-7-9(10)6-5-8-3-1-2-4-11(8)13-12/h1-6,9-10H,7H2,(H,13,14)/t9-,10+/m1/s1. The molecule has 2 aliphatic rings. The van der Waals surface area contributed by atoms with Crippen LogP contribution < -0.4 is 5.32 Å². The van der Waals surface area contributed by atoms with Crippen LogP contribution in [0.2, 0.25) is 0 Å². The quantitative estimate of drug-likeness (QED) is 0.660. The molecule has 2 heteroatoms. The number of allylic oxidation sites excluding steroid dienone is 1. The molecular weight excluding hydrogens is 174 g/mol. The number of hydrogen-bond donors (Lipinski definition) is 1. The van der Waals surface area contributed by atoms with Gasteiger partial charge in [0.2, 0.25) is 5.91 Å². The monoisotopic (exact) mass is 185 g/mol. The van der Waals surface area contributed by atoms with Crippen molar-refractivity contribution in [3.8, 4) is 0 Å². The Bertz CT molecular complexity index is 422. The van der Waals surface area contributed by atoms with Crippen molar-refractivity contribution in [3.63, 3.8) is 0 Å². The van der Waals surface area contributed by atoms with Crippen molar-refractivity contribution in [2.45, 2.75) is 6.42 Å². The van der Waals surface area contributed by atoms with E-state index in [0.29, 0.717) is 5.92 Å². The van der Waals surface area contributed by atoms with Gasteiger partial charge in [0.05, 0.1) is 0 Å². The fraction of sp³-hybridized carbons (Fsp3) is 0.250. The highest BCUT2D eigenvalue weighted by molar-refractivity contribution is 5.97. The van der Waals surface area contributed by atoms with Gasteiger partial charge in [0, 0.05) is 11.6 Å². The van der Waals surface area contributed by atoms with E-state index in [1.165, 1.54) is 0 Å². The summed E-state index contributed by atoms with van der Waals surface area (Å²) in [7, 11) is 0. The van der Waals surface area contributed by atoms with E-state index in [1.54, 1.807) is 0 Å². The molecule has 2 nitrogen and oxygen atoms in total. The van der Waals surface area contributed by atoms with Gasteiger partial charge in [0.1, 0.15) is 0 Å². The maximum atomic E-state index is 11.6. The smallest absolute Gasteiger partial charge is 0.228 e. The number of fused-ring (bicyclic) bond motifs is 2. The Hall–Kier alpha value is -1.57. The van der Waals surface area contributed by atoms with Crippen LogP contribution in [0.5, 0.6) is 0 Å². The number of benzene rings is 1. The highest BCUT2D eigenvalue weighted by atomic mass is 16.2. The predicted octanol–water partition coefficient (Wildman–Crippen LogP) is 2.29. The van der Waals surface area contributed by atoms with Gasteiger partial charge in [-0.15, -0.1) is 0 Å². The number of rotatable bonds is 0. The van der Waals surface area contributed by atoms with E-state index in [2.05, 4.69) is 17.5 Å². The van der Waals surface area contributed by atoms with Gasteiger partial charge < -0.3 is 5.32 Å². The summed E-state index contributed by atoms with van der Waals surface area (Å²) >= 11 is 0. The van der Waals surface area contributed by atoms with Gasteiger partial charge >= 0.3 is 0 Å². The lowest BCUT2D eigenvalue weighted by Gasteiger charge is -2.09. The topological polar surface area (TPSA) is 29.1 Å². The number of carbonyl (C=O) groups excluding carboxylic acids is 1. The van der Waals surface area contributed by atoms with Crippen LogP contribution >= 0.6 is 0 Å². The Morgan fingerprint density at radius 2 is 2.14 bits per heavy atom. The van der Waals surface area contributed by atoms with Crippen molar-refractivity contribution in [2.24, 2.45) is 11.8 Å². The molecule has 1 N–H and O–H groups in total. The van der Waals surface area contributed by atoms with Gasteiger partial charge in [-0.25, -0.2) is 0 Å². The van der Waals surface area contributed by atoms with Crippen LogP contribution in [0, 0.1) is 11.8 Å². The molecule has 1 fully saturated rings. The molecule has 70 valence electrons. The highest BCUT2D eigenvalue weighted by Crippen LogP contribution is 2.42. The van der Waals surface area contributed by atoms with Gasteiger partial charge in [-0.3, -0.25) is 4.79 Å². The lowest BCUT2D eigenvalue weighted by atomic mass is 10.1. The van der Waals surface area contributed by atoms with E-state index >= 15 is 0 Å². The van der Waals surface area contributed by atoms with Crippen molar-refractivity contribution in [2.75, 3.05) is 5.32 Å². The second-order valence-electron chi connectivity index (χ2n) is 3.94. The minimum absolute atomic E-state index is 0.173. The van der Waals surface area contributed by atoms with E-state index in [0.717, 1.165) is 17.7 Å². The average Bonchev–Trinajstić information content (AvgIpc) is 2.93. The second kappa shape index (κ2) is 2.71. The van der Waals surface area contributed by atoms with E-state index in [-0.39, 0.29) is 11.8 Å². The van der Waals surface area contributed by atoms with Gasteiger partial charge in [-0.05, 0) is 24.0 Å². The molecular formula is C12H11NO. The first-order chi connectivity index (χ1) is 6.84. The van der Waals surface area contributed by atoms with Crippen LogP contribution in [0.1, 0.15) is 12.0 Å². The first-order valence-corrected chi connectivity index (χ1v) is 4.93. The highest BCUT2D eigenvalue weighted by Gasteiger charge is 2.41. The molecule has 1 aromatic carbocycles. The van der Waals surface area contributed by atoms with E-state index in [1.807, 2.05) is 24.3 Å². The van der Waals surface area contributed by atoms with Crippen molar-refractivity contribution in [1.29, 1.82) is 0 Å². The molecule has 14 heavy (non-hydrogen) atoms. The summed E-state index contributed by atoms with van der Waals surface area (Å²) in [5.41, 5.74) is 2.03. The molecule has 1 saturated carbocycles. The minimum Gasteiger partial charge on any atom is -0.325 e. The average molecular weight is 185 g/mol. The van der Waals surface area contributed by atoms with Crippen LogP contribution in [0.4, 0.5) is 5.69 Å². The molecule has 1 aliphatic heterocycles. The fourth-order valence-corrected chi connectivity index (χ4v) is 1.94.